The number of nitrogens with one attached hydrogen (secondary N) is 2. The lowest BCUT2D eigenvalue weighted by atomic mass is 10.3. The first-order valence-electron chi connectivity index (χ1n) is 5.06. The smallest absolute Gasteiger partial charge is 0.210 e. The molecule has 1 saturated carbocycles. The summed E-state index contributed by atoms with van der Waals surface area (Å²) < 4.78 is 0.746. The van der Waals surface area contributed by atoms with Crippen LogP contribution in [0.5, 0.6) is 0 Å². The number of guanidine groups is 1. The Labute approximate surface area is 118 Å². The summed E-state index contributed by atoms with van der Waals surface area (Å²) in [6.07, 6.45) is 2.20. The topological polar surface area (TPSA) is 62.4 Å². The highest BCUT2D eigenvalue weighted by molar-refractivity contribution is 9.10. The molecule has 4 nitrogen and oxygen atoms in total. The van der Waals surface area contributed by atoms with E-state index in [0.29, 0.717) is 27.7 Å². The lowest BCUT2D eigenvalue weighted by molar-refractivity contribution is 0.966. The molecule has 2 rings (SSSR count). The summed E-state index contributed by atoms with van der Waals surface area (Å²) in [5.74, 6) is 5.88. The molecular weight excluding hydrogens is 327 g/mol. The van der Waals surface area contributed by atoms with Crippen LogP contribution < -0.4 is 16.6 Å². The Morgan fingerprint density at radius 3 is 2.65 bits per heavy atom. The molecule has 0 heterocycles. The van der Waals surface area contributed by atoms with Crippen molar-refractivity contribution in [3.63, 3.8) is 0 Å². The van der Waals surface area contributed by atoms with E-state index < -0.39 is 0 Å². The third-order valence-electron chi connectivity index (χ3n) is 2.28. The minimum atomic E-state index is 0.359. The van der Waals surface area contributed by atoms with Gasteiger partial charge in [-0.2, -0.15) is 0 Å². The molecule has 0 atom stereocenters. The van der Waals surface area contributed by atoms with Crippen molar-refractivity contribution in [1.82, 2.24) is 5.43 Å². The van der Waals surface area contributed by atoms with E-state index in [1.807, 2.05) is 6.07 Å². The van der Waals surface area contributed by atoms with Crippen molar-refractivity contribution in [3.05, 3.63) is 26.7 Å². The molecule has 0 bridgehead atoms. The molecule has 1 aromatic carbocycles. The molecule has 0 spiro atoms. The van der Waals surface area contributed by atoms with E-state index in [-0.39, 0.29) is 0 Å². The Morgan fingerprint density at radius 1 is 1.35 bits per heavy atom. The first-order valence-corrected chi connectivity index (χ1v) is 6.61. The van der Waals surface area contributed by atoms with E-state index in [1.54, 1.807) is 6.07 Å². The molecule has 0 saturated heterocycles. The highest BCUT2D eigenvalue weighted by Crippen LogP contribution is 2.35. The van der Waals surface area contributed by atoms with Gasteiger partial charge in [-0.1, -0.05) is 23.2 Å². The van der Waals surface area contributed by atoms with E-state index >= 15 is 0 Å². The van der Waals surface area contributed by atoms with E-state index in [0.717, 1.165) is 17.3 Å². The molecule has 0 amide bonds. The Morgan fingerprint density at radius 2 is 2.06 bits per heavy atom. The summed E-state index contributed by atoms with van der Waals surface area (Å²) in [5, 5.41) is 3.90. The molecule has 7 heteroatoms. The molecule has 1 aliphatic rings. The number of hydrazine groups is 1. The van der Waals surface area contributed by atoms with Gasteiger partial charge in [0, 0.05) is 4.47 Å². The third kappa shape index (κ3) is 3.25. The fourth-order valence-corrected chi connectivity index (χ4v) is 2.06. The molecular formula is C10H11BrCl2N4. The minimum Gasteiger partial charge on any atom is -0.324 e. The zero-order chi connectivity index (χ0) is 12.4. The predicted octanol–water partition coefficient (Wildman–Crippen LogP) is 3.15. The number of nitrogens with two attached hydrogens (primary N) is 1. The zero-order valence-corrected chi connectivity index (χ0v) is 11.9. The molecule has 4 N–H and O–H groups in total. The number of benzene rings is 1. The second-order valence-electron chi connectivity index (χ2n) is 3.70. The molecule has 1 aromatic rings. The summed E-state index contributed by atoms with van der Waals surface area (Å²) in [4.78, 5) is 4.35. The summed E-state index contributed by atoms with van der Waals surface area (Å²) in [5.41, 5.74) is 3.17. The van der Waals surface area contributed by atoms with Gasteiger partial charge in [-0.15, -0.1) is 0 Å². The Hall–Kier alpha value is -0.490. The van der Waals surface area contributed by atoms with Crippen molar-refractivity contribution in [2.24, 2.45) is 10.8 Å². The molecule has 17 heavy (non-hydrogen) atoms. The van der Waals surface area contributed by atoms with Crippen LogP contribution in [0.2, 0.25) is 10.0 Å². The van der Waals surface area contributed by atoms with Crippen LogP contribution in [-0.2, 0) is 0 Å². The first kappa shape index (κ1) is 13.0. The molecule has 0 aromatic heterocycles. The van der Waals surface area contributed by atoms with Gasteiger partial charge in [0.25, 0.3) is 0 Å². The first-order chi connectivity index (χ1) is 8.11. The second kappa shape index (κ2) is 5.44. The van der Waals surface area contributed by atoms with Crippen molar-refractivity contribution in [2.45, 2.75) is 18.9 Å². The van der Waals surface area contributed by atoms with Crippen LogP contribution in [0.4, 0.5) is 5.69 Å². The average Bonchev–Trinajstić information content (AvgIpc) is 3.12. The Balaban J connectivity index is 2.20. The van der Waals surface area contributed by atoms with Crippen LogP contribution in [0.25, 0.3) is 0 Å². The summed E-state index contributed by atoms with van der Waals surface area (Å²) >= 11 is 15.4. The van der Waals surface area contributed by atoms with Gasteiger partial charge >= 0.3 is 0 Å². The number of nitrogens with zero attached hydrogens (tertiary/aromatic N) is 1. The largest absolute Gasteiger partial charge is 0.324 e. The molecule has 92 valence electrons. The quantitative estimate of drug-likeness (QED) is 0.255. The van der Waals surface area contributed by atoms with E-state index in [9.17, 15) is 0 Å². The van der Waals surface area contributed by atoms with Gasteiger partial charge in [0.05, 0.1) is 21.8 Å². The maximum atomic E-state index is 6.10. The van der Waals surface area contributed by atoms with Gasteiger partial charge in [-0.25, -0.2) is 10.8 Å². The minimum absolute atomic E-state index is 0.359. The average molecular weight is 338 g/mol. The van der Waals surface area contributed by atoms with Crippen LogP contribution >= 0.6 is 39.1 Å². The summed E-state index contributed by atoms with van der Waals surface area (Å²) in [7, 11) is 0. The molecule has 0 radical (unpaired) electrons. The number of hydrogen-bond acceptors (Lipinski definition) is 2. The van der Waals surface area contributed by atoms with E-state index in [1.165, 1.54) is 0 Å². The predicted molar refractivity (Wildman–Crippen MR) is 75.6 cm³/mol. The zero-order valence-electron chi connectivity index (χ0n) is 8.80. The normalized spacial score (nSPS) is 15.9. The second-order valence-corrected chi connectivity index (χ2v) is 5.31. The van der Waals surface area contributed by atoms with Gasteiger partial charge in [-0.05, 0) is 40.9 Å². The number of aliphatic imine (C=N–C) groups is 1. The summed E-state index contributed by atoms with van der Waals surface area (Å²) in [6, 6.07) is 3.97. The number of anilines is 1. The standard InChI is InChI=1S/C10H11BrCl2N4/c11-6-3-4-7(9(13)8(6)12)16-10(17-14)15-5-1-2-5/h3-5H,1-2,14H2,(H2,15,16,17). The fourth-order valence-electron chi connectivity index (χ4n) is 1.24. The highest BCUT2D eigenvalue weighted by Gasteiger charge is 2.21. The van der Waals surface area contributed by atoms with Crippen molar-refractivity contribution < 1.29 is 0 Å². The van der Waals surface area contributed by atoms with Gasteiger partial charge in [0.15, 0.2) is 0 Å². The third-order valence-corrected chi connectivity index (χ3v) is 4.05. The maximum Gasteiger partial charge on any atom is 0.210 e. The number of halogens is 3. The van der Waals surface area contributed by atoms with E-state index in [2.05, 4.69) is 31.7 Å². The fraction of sp³-hybridized carbons (Fsp3) is 0.300. The van der Waals surface area contributed by atoms with Crippen molar-refractivity contribution in [2.75, 3.05) is 5.32 Å². The van der Waals surface area contributed by atoms with Crippen molar-refractivity contribution >= 4 is 50.8 Å². The maximum absolute atomic E-state index is 6.10. The number of rotatable bonds is 2. The van der Waals surface area contributed by atoms with Crippen LogP contribution in [0.1, 0.15) is 12.8 Å². The van der Waals surface area contributed by atoms with Gasteiger partial charge in [0.2, 0.25) is 5.96 Å². The van der Waals surface area contributed by atoms with Gasteiger partial charge in [0.1, 0.15) is 0 Å². The molecule has 1 aliphatic carbocycles. The molecule has 1 fully saturated rings. The summed E-state index contributed by atoms with van der Waals surface area (Å²) in [6.45, 7) is 0. The van der Waals surface area contributed by atoms with Crippen molar-refractivity contribution in [1.29, 1.82) is 0 Å². The highest BCUT2D eigenvalue weighted by atomic mass is 79.9. The molecule has 0 unspecified atom stereocenters. The Kier molecular flexibility index (Phi) is 4.14. The van der Waals surface area contributed by atoms with Crippen molar-refractivity contribution in [3.8, 4) is 0 Å². The van der Waals surface area contributed by atoms with Crippen LogP contribution in [0.3, 0.4) is 0 Å². The Bertz CT molecular complexity index is 460. The lowest BCUT2D eigenvalue weighted by Crippen LogP contribution is -2.36. The molecule has 0 aliphatic heterocycles. The van der Waals surface area contributed by atoms with Crippen LogP contribution in [0.15, 0.2) is 21.6 Å². The van der Waals surface area contributed by atoms with E-state index in [4.69, 9.17) is 29.0 Å². The SMILES string of the molecule is NNC(=NC1CC1)Nc1ccc(Br)c(Cl)c1Cl. The van der Waals surface area contributed by atoms with Gasteiger partial charge in [-0.3, -0.25) is 5.43 Å². The van der Waals surface area contributed by atoms with Crippen LogP contribution in [0, 0.1) is 0 Å². The van der Waals surface area contributed by atoms with Gasteiger partial charge < -0.3 is 5.32 Å². The monoisotopic (exact) mass is 336 g/mol. The number of hydrogen-bond donors (Lipinski definition) is 3. The van der Waals surface area contributed by atoms with Crippen LogP contribution in [-0.4, -0.2) is 12.0 Å². The lowest BCUT2D eigenvalue weighted by Gasteiger charge is -2.12.